The quantitative estimate of drug-likeness (QED) is 0.920. The average Bonchev–Trinajstić information content (AvgIpc) is 3.01. The number of hydrogen-bond donors (Lipinski definition) is 1. The summed E-state index contributed by atoms with van der Waals surface area (Å²) >= 11 is 0. The number of nitrogens with one attached hydrogen (secondary N) is 1. The number of rotatable bonds is 3. The zero-order valence-electron chi connectivity index (χ0n) is 14.5. The molecule has 1 N–H and O–H groups in total. The highest BCUT2D eigenvalue weighted by atomic mass is 16.6. The zero-order valence-corrected chi connectivity index (χ0v) is 14.5. The lowest BCUT2D eigenvalue weighted by molar-refractivity contribution is -0.117. The molecule has 2 amide bonds. The second-order valence-corrected chi connectivity index (χ2v) is 6.58. The number of anilines is 1. The summed E-state index contributed by atoms with van der Waals surface area (Å²) in [7, 11) is 0. The highest BCUT2D eigenvalue weighted by molar-refractivity contribution is 5.99. The van der Waals surface area contributed by atoms with Crippen LogP contribution < -0.4 is 19.7 Å². The van der Waals surface area contributed by atoms with Crippen molar-refractivity contribution in [1.82, 2.24) is 5.32 Å². The Kier molecular flexibility index (Phi) is 4.24. The van der Waals surface area contributed by atoms with Crippen LogP contribution in [0.2, 0.25) is 0 Å². The molecule has 0 saturated carbocycles. The Labute approximate surface area is 151 Å². The van der Waals surface area contributed by atoms with Gasteiger partial charge in [0.2, 0.25) is 5.91 Å². The smallest absolute Gasteiger partial charge is 0.251 e. The van der Waals surface area contributed by atoms with Crippen LogP contribution >= 0.6 is 0 Å². The minimum absolute atomic E-state index is 0.0174. The summed E-state index contributed by atoms with van der Waals surface area (Å²) < 4.78 is 11.1. The SMILES string of the molecule is Cc1cccc(C(=O)N[C@H]2CC(=O)N(c3ccc4c(c3)OCCO4)C2)c1. The van der Waals surface area contributed by atoms with Crippen LogP contribution in [-0.2, 0) is 4.79 Å². The molecule has 2 aliphatic heterocycles. The maximum atomic E-state index is 12.4. The van der Waals surface area contributed by atoms with Gasteiger partial charge in [-0.05, 0) is 31.2 Å². The lowest BCUT2D eigenvalue weighted by Gasteiger charge is -2.22. The minimum Gasteiger partial charge on any atom is -0.486 e. The molecule has 2 aromatic carbocycles. The van der Waals surface area contributed by atoms with Gasteiger partial charge in [0.15, 0.2) is 11.5 Å². The van der Waals surface area contributed by atoms with Crippen molar-refractivity contribution >= 4 is 17.5 Å². The third-order valence-electron chi connectivity index (χ3n) is 4.58. The van der Waals surface area contributed by atoms with Gasteiger partial charge in [-0.1, -0.05) is 17.7 Å². The van der Waals surface area contributed by atoms with Gasteiger partial charge in [-0.15, -0.1) is 0 Å². The molecule has 6 heteroatoms. The summed E-state index contributed by atoms with van der Waals surface area (Å²) in [6, 6.07) is 12.7. The molecule has 2 heterocycles. The van der Waals surface area contributed by atoms with Gasteiger partial charge in [-0.2, -0.15) is 0 Å². The molecule has 1 saturated heterocycles. The van der Waals surface area contributed by atoms with Gasteiger partial charge in [-0.25, -0.2) is 0 Å². The molecular weight excluding hydrogens is 332 g/mol. The second kappa shape index (κ2) is 6.71. The fourth-order valence-corrected chi connectivity index (χ4v) is 3.31. The summed E-state index contributed by atoms with van der Waals surface area (Å²) in [6.07, 6.45) is 0.284. The van der Waals surface area contributed by atoms with Crippen molar-refractivity contribution < 1.29 is 19.1 Å². The first kappa shape index (κ1) is 16.4. The van der Waals surface area contributed by atoms with Crippen LogP contribution in [0.15, 0.2) is 42.5 Å². The molecule has 2 aliphatic rings. The molecule has 6 nitrogen and oxygen atoms in total. The molecule has 4 rings (SSSR count). The molecule has 2 aromatic rings. The Morgan fingerprint density at radius 2 is 1.92 bits per heavy atom. The maximum Gasteiger partial charge on any atom is 0.251 e. The lowest BCUT2D eigenvalue weighted by Crippen LogP contribution is -2.37. The zero-order chi connectivity index (χ0) is 18.1. The molecule has 0 bridgehead atoms. The summed E-state index contributed by atoms with van der Waals surface area (Å²) in [5, 5.41) is 2.96. The monoisotopic (exact) mass is 352 g/mol. The van der Waals surface area contributed by atoms with E-state index < -0.39 is 0 Å². The third-order valence-corrected chi connectivity index (χ3v) is 4.58. The number of carbonyl (C=O) groups is 2. The average molecular weight is 352 g/mol. The first-order valence-corrected chi connectivity index (χ1v) is 8.68. The van der Waals surface area contributed by atoms with Crippen LogP contribution in [0.4, 0.5) is 5.69 Å². The van der Waals surface area contributed by atoms with Gasteiger partial charge in [0.25, 0.3) is 5.91 Å². The Morgan fingerprint density at radius 3 is 2.73 bits per heavy atom. The Bertz CT molecular complexity index is 865. The number of aryl methyl sites for hydroxylation is 1. The van der Waals surface area contributed by atoms with Crippen LogP contribution in [0, 0.1) is 6.92 Å². The van der Waals surface area contributed by atoms with E-state index in [1.165, 1.54) is 0 Å². The van der Waals surface area contributed by atoms with Gasteiger partial charge in [0.1, 0.15) is 13.2 Å². The molecule has 1 atom stereocenters. The van der Waals surface area contributed by atoms with Crippen LogP contribution in [-0.4, -0.2) is 37.6 Å². The Morgan fingerprint density at radius 1 is 1.12 bits per heavy atom. The third kappa shape index (κ3) is 3.22. The van der Waals surface area contributed by atoms with Crippen LogP contribution in [0.3, 0.4) is 0 Å². The maximum absolute atomic E-state index is 12.4. The second-order valence-electron chi connectivity index (χ2n) is 6.58. The number of amides is 2. The van der Waals surface area contributed by atoms with E-state index in [4.69, 9.17) is 9.47 Å². The number of ether oxygens (including phenoxy) is 2. The molecule has 0 spiro atoms. The molecule has 1 fully saturated rings. The number of nitrogens with zero attached hydrogens (tertiary/aromatic N) is 1. The first-order chi connectivity index (χ1) is 12.6. The van der Waals surface area contributed by atoms with Crippen molar-refractivity contribution in [3.05, 3.63) is 53.6 Å². The van der Waals surface area contributed by atoms with Gasteiger partial charge >= 0.3 is 0 Å². The Hall–Kier alpha value is -3.02. The van der Waals surface area contributed by atoms with Gasteiger partial charge in [0.05, 0.1) is 6.04 Å². The molecule has 0 aliphatic carbocycles. The number of hydrogen-bond acceptors (Lipinski definition) is 4. The fraction of sp³-hybridized carbons (Fsp3) is 0.300. The normalized spacial score (nSPS) is 18.7. The molecule has 0 aromatic heterocycles. The predicted molar refractivity (Wildman–Crippen MR) is 96.8 cm³/mol. The standard InChI is InChI=1S/C20H20N2O4/c1-13-3-2-4-14(9-13)20(24)21-15-10-19(23)22(12-15)16-5-6-17-18(11-16)26-8-7-25-17/h2-6,9,11,15H,7-8,10,12H2,1H3,(H,21,24)/t15-/m0/s1. The van der Waals surface area contributed by atoms with E-state index >= 15 is 0 Å². The van der Waals surface area contributed by atoms with Crippen molar-refractivity contribution in [3.63, 3.8) is 0 Å². The molecular formula is C20H20N2O4. The van der Waals surface area contributed by atoms with Crippen LogP contribution in [0.5, 0.6) is 11.5 Å². The van der Waals surface area contributed by atoms with Crippen molar-refractivity contribution in [2.75, 3.05) is 24.7 Å². The first-order valence-electron chi connectivity index (χ1n) is 8.68. The van der Waals surface area contributed by atoms with Gasteiger partial charge in [0, 0.05) is 30.3 Å². The van der Waals surface area contributed by atoms with E-state index in [1.54, 1.807) is 11.0 Å². The fourth-order valence-electron chi connectivity index (χ4n) is 3.31. The van der Waals surface area contributed by atoms with E-state index in [9.17, 15) is 9.59 Å². The van der Waals surface area contributed by atoms with Crippen LogP contribution in [0.25, 0.3) is 0 Å². The van der Waals surface area contributed by atoms with Crippen LogP contribution in [0.1, 0.15) is 22.3 Å². The van der Waals surface area contributed by atoms with Crippen molar-refractivity contribution in [2.24, 2.45) is 0 Å². The summed E-state index contributed by atoms with van der Waals surface area (Å²) in [5.41, 5.74) is 2.39. The van der Waals surface area contributed by atoms with Gasteiger partial charge < -0.3 is 19.7 Å². The highest BCUT2D eigenvalue weighted by Gasteiger charge is 2.32. The molecule has 0 radical (unpaired) electrons. The number of fused-ring (bicyclic) bond motifs is 1. The van der Waals surface area contributed by atoms with E-state index in [0.29, 0.717) is 36.8 Å². The highest BCUT2D eigenvalue weighted by Crippen LogP contribution is 2.35. The van der Waals surface area contributed by atoms with E-state index in [1.807, 2.05) is 43.3 Å². The summed E-state index contributed by atoms with van der Waals surface area (Å²) in [6.45, 7) is 3.41. The van der Waals surface area contributed by atoms with Crippen molar-refractivity contribution in [1.29, 1.82) is 0 Å². The van der Waals surface area contributed by atoms with Crippen molar-refractivity contribution in [2.45, 2.75) is 19.4 Å². The summed E-state index contributed by atoms with van der Waals surface area (Å²) in [5.74, 6) is 1.16. The van der Waals surface area contributed by atoms with E-state index in [-0.39, 0.29) is 24.3 Å². The van der Waals surface area contributed by atoms with E-state index in [2.05, 4.69) is 5.32 Å². The number of carbonyl (C=O) groups excluding carboxylic acids is 2. The van der Waals surface area contributed by atoms with Gasteiger partial charge in [-0.3, -0.25) is 9.59 Å². The molecule has 0 unspecified atom stereocenters. The van der Waals surface area contributed by atoms with Crippen molar-refractivity contribution in [3.8, 4) is 11.5 Å². The molecule has 26 heavy (non-hydrogen) atoms. The lowest BCUT2D eigenvalue weighted by atomic mass is 10.1. The topological polar surface area (TPSA) is 67.9 Å². The Balaban J connectivity index is 1.46. The number of benzene rings is 2. The van der Waals surface area contributed by atoms with E-state index in [0.717, 1.165) is 11.3 Å². The summed E-state index contributed by atoms with van der Waals surface area (Å²) in [4.78, 5) is 26.5. The molecule has 134 valence electrons. The minimum atomic E-state index is -0.219. The largest absolute Gasteiger partial charge is 0.486 e. The predicted octanol–water partition coefficient (Wildman–Crippen LogP) is 2.30.